The molecule has 2 nitrogen and oxygen atoms in total. The number of aromatic nitrogens is 1. The Bertz CT molecular complexity index is 289. The fraction of sp³-hybridized carbons (Fsp3) is 0.583. The Morgan fingerprint density at radius 1 is 1.60 bits per heavy atom. The minimum atomic E-state index is 0.581. The Morgan fingerprint density at radius 3 is 3.00 bits per heavy atom. The summed E-state index contributed by atoms with van der Waals surface area (Å²) in [5, 5.41) is 6.64. The van der Waals surface area contributed by atoms with Gasteiger partial charge in [-0.2, -0.15) is 0 Å². The molecule has 0 spiro atoms. The molecule has 0 radical (unpaired) electrons. The van der Waals surface area contributed by atoms with Gasteiger partial charge in [-0.25, -0.2) is 4.98 Å². The minimum Gasteiger partial charge on any atom is -0.314 e. The predicted molar refractivity (Wildman–Crippen MR) is 67.3 cm³/mol. The third-order valence-corrected chi connectivity index (χ3v) is 2.88. The lowest BCUT2D eigenvalue weighted by Gasteiger charge is -2.05. The summed E-state index contributed by atoms with van der Waals surface area (Å²) in [6.07, 6.45) is 6.28. The highest BCUT2D eigenvalue weighted by Gasteiger charge is 1.96. The van der Waals surface area contributed by atoms with Crippen LogP contribution in [0, 0.1) is 0 Å². The van der Waals surface area contributed by atoms with Gasteiger partial charge in [0.15, 0.2) is 0 Å². The van der Waals surface area contributed by atoms with Gasteiger partial charge in [-0.1, -0.05) is 25.5 Å². The van der Waals surface area contributed by atoms with Gasteiger partial charge < -0.3 is 5.32 Å². The van der Waals surface area contributed by atoms with E-state index in [2.05, 4.69) is 37.1 Å². The topological polar surface area (TPSA) is 24.9 Å². The van der Waals surface area contributed by atoms with Crippen molar-refractivity contribution in [2.24, 2.45) is 0 Å². The molecule has 0 aliphatic carbocycles. The molecule has 1 N–H and O–H groups in total. The molecule has 0 aliphatic rings. The van der Waals surface area contributed by atoms with Gasteiger partial charge in [0.25, 0.3) is 0 Å². The van der Waals surface area contributed by atoms with E-state index in [-0.39, 0.29) is 0 Å². The van der Waals surface area contributed by atoms with Crippen molar-refractivity contribution in [1.82, 2.24) is 10.3 Å². The molecule has 0 aliphatic heterocycles. The molecule has 1 rings (SSSR count). The van der Waals surface area contributed by atoms with Crippen molar-refractivity contribution in [1.29, 1.82) is 0 Å². The lowest BCUT2D eigenvalue weighted by molar-refractivity contribution is 0.594. The fourth-order valence-corrected chi connectivity index (χ4v) is 2.05. The summed E-state index contributed by atoms with van der Waals surface area (Å²) in [6, 6.07) is 0.581. The summed E-state index contributed by atoms with van der Waals surface area (Å²) in [7, 11) is 0. The average molecular weight is 224 g/mol. The Balaban J connectivity index is 2.22. The first kappa shape index (κ1) is 12.4. The molecule has 0 atom stereocenters. The van der Waals surface area contributed by atoms with Crippen LogP contribution in [0.25, 0.3) is 0 Å². The Hall–Kier alpha value is -0.670. The Morgan fingerprint density at radius 2 is 2.40 bits per heavy atom. The third-order valence-electron chi connectivity index (χ3n) is 2.10. The Kier molecular flexibility index (Phi) is 5.58. The first-order valence-electron chi connectivity index (χ1n) is 5.46. The number of thiazole rings is 1. The maximum atomic E-state index is 4.27. The molecule has 0 saturated heterocycles. The zero-order valence-electron chi connectivity index (χ0n) is 9.79. The van der Waals surface area contributed by atoms with Gasteiger partial charge >= 0.3 is 0 Å². The molecule has 0 aromatic carbocycles. The van der Waals surface area contributed by atoms with Crippen molar-refractivity contribution in [3.05, 3.63) is 28.2 Å². The number of nitrogens with one attached hydrogen (secondary N) is 1. The molecule has 1 aromatic rings. The molecule has 0 saturated carbocycles. The third kappa shape index (κ3) is 5.70. The molecule has 0 bridgehead atoms. The molecular weight excluding hydrogens is 204 g/mol. The average Bonchev–Trinajstić information content (AvgIpc) is 2.64. The van der Waals surface area contributed by atoms with Crippen LogP contribution in [0.3, 0.4) is 0 Å². The maximum Gasteiger partial charge on any atom is 0.0965 e. The lowest BCUT2D eigenvalue weighted by Crippen LogP contribution is -2.23. The summed E-state index contributed by atoms with van der Waals surface area (Å²) >= 11 is 1.73. The number of allylic oxidation sites excluding steroid dienone is 1. The quantitative estimate of drug-likeness (QED) is 0.593. The second-order valence-corrected chi connectivity index (χ2v) is 5.03. The summed E-state index contributed by atoms with van der Waals surface area (Å²) in [5.41, 5.74) is 1.41. The van der Waals surface area contributed by atoms with Crippen LogP contribution < -0.4 is 5.32 Å². The smallest absolute Gasteiger partial charge is 0.0965 e. The van der Waals surface area contributed by atoms with Crippen LogP contribution in [0.5, 0.6) is 0 Å². The monoisotopic (exact) mass is 224 g/mol. The highest BCUT2D eigenvalue weighted by molar-refractivity contribution is 7.09. The summed E-state index contributed by atoms with van der Waals surface area (Å²) < 4.78 is 0. The molecular formula is C12H20N2S. The molecule has 1 heterocycles. The van der Waals surface area contributed by atoms with Crippen LogP contribution in [0.2, 0.25) is 0 Å². The van der Waals surface area contributed by atoms with E-state index < -0.39 is 0 Å². The van der Waals surface area contributed by atoms with Crippen molar-refractivity contribution in [3.63, 3.8) is 0 Å². The van der Waals surface area contributed by atoms with E-state index in [4.69, 9.17) is 0 Å². The summed E-state index contributed by atoms with van der Waals surface area (Å²) in [4.78, 5) is 4.27. The molecule has 0 fully saturated rings. The number of rotatable bonds is 6. The van der Waals surface area contributed by atoms with Crippen LogP contribution in [-0.4, -0.2) is 17.6 Å². The van der Waals surface area contributed by atoms with Crippen LogP contribution in [-0.2, 0) is 6.42 Å². The van der Waals surface area contributed by atoms with E-state index in [1.165, 1.54) is 10.6 Å². The largest absolute Gasteiger partial charge is 0.314 e. The van der Waals surface area contributed by atoms with E-state index in [9.17, 15) is 0 Å². The first-order valence-corrected chi connectivity index (χ1v) is 6.34. The number of hydrogen-bond donors (Lipinski definition) is 1. The highest BCUT2D eigenvalue weighted by Crippen LogP contribution is 2.10. The van der Waals surface area contributed by atoms with Crippen molar-refractivity contribution < 1.29 is 0 Å². The summed E-state index contributed by atoms with van der Waals surface area (Å²) in [5.74, 6) is 0. The van der Waals surface area contributed by atoms with Crippen molar-refractivity contribution >= 4 is 11.3 Å². The van der Waals surface area contributed by atoms with Gasteiger partial charge in [-0.05, 0) is 19.9 Å². The molecule has 3 heteroatoms. The Labute approximate surface area is 96.4 Å². The van der Waals surface area contributed by atoms with E-state index in [0.717, 1.165) is 19.4 Å². The van der Waals surface area contributed by atoms with Gasteiger partial charge in [0.05, 0.1) is 5.01 Å². The van der Waals surface area contributed by atoms with Crippen molar-refractivity contribution in [3.8, 4) is 0 Å². The van der Waals surface area contributed by atoms with Gasteiger partial charge in [-0.3, -0.25) is 0 Å². The van der Waals surface area contributed by atoms with Gasteiger partial charge in [-0.15, -0.1) is 11.3 Å². The van der Waals surface area contributed by atoms with E-state index >= 15 is 0 Å². The maximum absolute atomic E-state index is 4.27. The van der Waals surface area contributed by atoms with Gasteiger partial charge in [0, 0.05) is 24.0 Å². The molecule has 0 amide bonds. The predicted octanol–water partition coefficient (Wildman–Crippen LogP) is 3.02. The molecule has 0 unspecified atom stereocenters. The minimum absolute atomic E-state index is 0.581. The van der Waals surface area contributed by atoms with E-state index in [1.807, 2.05) is 11.6 Å². The summed E-state index contributed by atoms with van der Waals surface area (Å²) in [6.45, 7) is 7.59. The highest BCUT2D eigenvalue weighted by atomic mass is 32.1. The van der Waals surface area contributed by atoms with E-state index in [0.29, 0.717) is 6.04 Å². The normalized spacial score (nSPS) is 12.4. The van der Waals surface area contributed by atoms with E-state index in [1.54, 1.807) is 11.3 Å². The van der Waals surface area contributed by atoms with Crippen molar-refractivity contribution in [2.75, 3.05) is 6.54 Å². The molecule has 15 heavy (non-hydrogen) atoms. The second-order valence-electron chi connectivity index (χ2n) is 4.05. The van der Waals surface area contributed by atoms with Crippen LogP contribution in [0.15, 0.2) is 23.2 Å². The van der Waals surface area contributed by atoms with Crippen LogP contribution in [0.1, 0.15) is 32.2 Å². The zero-order chi connectivity index (χ0) is 11.1. The first-order chi connectivity index (χ1) is 7.18. The second kappa shape index (κ2) is 6.75. The lowest BCUT2D eigenvalue weighted by atomic mass is 10.2. The zero-order valence-corrected chi connectivity index (χ0v) is 10.6. The van der Waals surface area contributed by atoms with Crippen LogP contribution in [0.4, 0.5) is 0 Å². The molecule has 1 aromatic heterocycles. The standard InChI is InChI=1S/C12H20N2S/c1-10(2)13-6-4-5-11(3)9-12-14-7-8-15-12/h5,7-8,10,13H,4,6,9H2,1-3H3. The van der Waals surface area contributed by atoms with Gasteiger partial charge in [0.1, 0.15) is 0 Å². The van der Waals surface area contributed by atoms with Crippen LogP contribution >= 0.6 is 11.3 Å². The van der Waals surface area contributed by atoms with Crippen molar-refractivity contribution in [2.45, 2.75) is 39.7 Å². The SMILES string of the molecule is CC(=CCCNC(C)C)Cc1nccs1. The van der Waals surface area contributed by atoms with Gasteiger partial charge in [0.2, 0.25) is 0 Å². The molecule has 84 valence electrons. The number of nitrogens with zero attached hydrogens (tertiary/aromatic N) is 1. The fourth-order valence-electron chi connectivity index (χ4n) is 1.34. The number of hydrogen-bond acceptors (Lipinski definition) is 3.